The number of hydrogen-bond donors (Lipinski definition) is 0. The van der Waals surface area contributed by atoms with Crippen LogP contribution < -0.4 is 10.4 Å². The molecule has 1 nitrogen and oxygen atoms in total. The van der Waals surface area contributed by atoms with E-state index in [9.17, 15) is 0 Å². The molecule has 1 heterocycles. The highest BCUT2D eigenvalue weighted by molar-refractivity contribution is 7.03. The zero-order chi connectivity index (χ0) is 17.5. The van der Waals surface area contributed by atoms with E-state index in [2.05, 4.69) is 74.5 Å². The summed E-state index contributed by atoms with van der Waals surface area (Å²) in [6, 6.07) is 24.0. The Morgan fingerprint density at radius 1 is 0.920 bits per heavy atom. The third-order valence-electron chi connectivity index (χ3n) is 5.91. The van der Waals surface area contributed by atoms with Crippen LogP contribution in [0.3, 0.4) is 0 Å². The van der Waals surface area contributed by atoms with Gasteiger partial charge in [-0.15, -0.1) is 0 Å². The number of unbranched alkanes of at least 4 members (excludes halogenated alkanes) is 2. The van der Waals surface area contributed by atoms with Crippen LogP contribution in [-0.2, 0) is 4.74 Å². The van der Waals surface area contributed by atoms with Gasteiger partial charge in [-0.25, -0.2) is 0 Å². The summed E-state index contributed by atoms with van der Waals surface area (Å²) in [7, 11) is -1.85. The lowest BCUT2D eigenvalue weighted by molar-refractivity contribution is 0.0813. The fourth-order valence-electron chi connectivity index (χ4n) is 4.71. The molecular weight excluding hydrogens is 320 g/mol. The van der Waals surface area contributed by atoms with Crippen molar-refractivity contribution in [3.8, 4) is 0 Å². The molecule has 0 amide bonds. The van der Waals surface area contributed by atoms with Crippen molar-refractivity contribution in [3.63, 3.8) is 0 Å². The molecule has 0 aromatic heterocycles. The Morgan fingerprint density at radius 3 is 2.08 bits per heavy atom. The van der Waals surface area contributed by atoms with Gasteiger partial charge in [-0.2, -0.15) is 0 Å². The molecule has 2 aromatic carbocycles. The van der Waals surface area contributed by atoms with Gasteiger partial charge in [0.25, 0.3) is 0 Å². The SMILES string of the molecule is CCCCCC1CCOC(C)C[Si]1(c1ccccc1)c1ccccc1. The number of hydrogen-bond acceptors (Lipinski definition) is 1. The maximum atomic E-state index is 6.17. The summed E-state index contributed by atoms with van der Waals surface area (Å²) in [6.45, 7) is 5.51. The van der Waals surface area contributed by atoms with Gasteiger partial charge in [-0.3, -0.25) is 0 Å². The van der Waals surface area contributed by atoms with E-state index in [0.29, 0.717) is 6.10 Å². The number of rotatable bonds is 6. The molecule has 134 valence electrons. The van der Waals surface area contributed by atoms with Crippen molar-refractivity contribution in [1.82, 2.24) is 0 Å². The largest absolute Gasteiger partial charge is 0.379 e. The smallest absolute Gasteiger partial charge is 0.123 e. The Balaban J connectivity index is 2.09. The highest BCUT2D eigenvalue weighted by Crippen LogP contribution is 2.37. The molecule has 0 spiro atoms. The average Bonchev–Trinajstić information content (AvgIpc) is 2.83. The summed E-state index contributed by atoms with van der Waals surface area (Å²) < 4.78 is 6.17. The molecular formula is C23H32OSi. The molecule has 0 N–H and O–H groups in total. The fourth-order valence-corrected chi connectivity index (χ4v) is 10.7. The topological polar surface area (TPSA) is 9.23 Å². The van der Waals surface area contributed by atoms with Crippen molar-refractivity contribution in [2.75, 3.05) is 6.61 Å². The average molecular weight is 353 g/mol. The van der Waals surface area contributed by atoms with Gasteiger partial charge in [0.05, 0.1) is 6.10 Å². The van der Waals surface area contributed by atoms with Crippen molar-refractivity contribution in [2.45, 2.75) is 63.6 Å². The number of ether oxygens (including phenoxy) is 1. The van der Waals surface area contributed by atoms with Crippen LogP contribution in [0.5, 0.6) is 0 Å². The molecule has 0 saturated carbocycles. The monoisotopic (exact) mass is 352 g/mol. The molecule has 1 fully saturated rings. The summed E-state index contributed by atoms with van der Waals surface area (Å²) in [5, 5.41) is 3.19. The summed E-state index contributed by atoms with van der Waals surface area (Å²) >= 11 is 0. The van der Waals surface area contributed by atoms with E-state index in [4.69, 9.17) is 4.74 Å². The Kier molecular flexibility index (Phi) is 6.49. The van der Waals surface area contributed by atoms with Gasteiger partial charge in [0.2, 0.25) is 0 Å². The normalized spacial score (nSPS) is 23.1. The molecule has 25 heavy (non-hydrogen) atoms. The van der Waals surface area contributed by atoms with E-state index >= 15 is 0 Å². The second kappa shape index (κ2) is 8.82. The van der Waals surface area contributed by atoms with Crippen molar-refractivity contribution in [1.29, 1.82) is 0 Å². The Labute approximate surface area is 154 Å². The van der Waals surface area contributed by atoms with E-state index in [-0.39, 0.29) is 0 Å². The van der Waals surface area contributed by atoms with Gasteiger partial charge in [0.15, 0.2) is 0 Å². The van der Waals surface area contributed by atoms with Crippen LogP contribution in [0.1, 0.15) is 46.0 Å². The summed E-state index contributed by atoms with van der Waals surface area (Å²) in [5.74, 6) is 0. The minimum Gasteiger partial charge on any atom is -0.379 e. The lowest BCUT2D eigenvalue weighted by Gasteiger charge is -2.40. The predicted molar refractivity (Wildman–Crippen MR) is 111 cm³/mol. The molecule has 1 aliphatic rings. The standard InChI is InChI=1S/C23H32OSi/c1-3-4-7-12-23-17-18-24-20(2)19-25(23,21-13-8-5-9-14-21)22-15-10-6-11-16-22/h5-6,8-11,13-16,20,23H,3-4,7,12,17-19H2,1-2H3. The molecule has 0 radical (unpaired) electrons. The zero-order valence-corrected chi connectivity index (χ0v) is 16.8. The van der Waals surface area contributed by atoms with Crippen molar-refractivity contribution in [3.05, 3.63) is 60.7 Å². The molecule has 1 saturated heterocycles. The van der Waals surface area contributed by atoms with Crippen LogP contribution in [0, 0.1) is 0 Å². The van der Waals surface area contributed by atoms with E-state index < -0.39 is 8.07 Å². The van der Waals surface area contributed by atoms with Crippen LogP contribution in [0.15, 0.2) is 60.7 Å². The number of benzene rings is 2. The molecule has 0 aliphatic carbocycles. The van der Waals surface area contributed by atoms with E-state index in [0.717, 1.165) is 12.1 Å². The Morgan fingerprint density at radius 2 is 1.52 bits per heavy atom. The molecule has 0 bridgehead atoms. The molecule has 2 atom stereocenters. The highest BCUT2D eigenvalue weighted by atomic mass is 28.3. The van der Waals surface area contributed by atoms with Gasteiger partial charge >= 0.3 is 0 Å². The quantitative estimate of drug-likeness (QED) is 0.524. The zero-order valence-electron chi connectivity index (χ0n) is 15.8. The molecule has 3 rings (SSSR count). The first kappa shape index (κ1) is 18.4. The second-order valence-electron chi connectivity index (χ2n) is 7.57. The van der Waals surface area contributed by atoms with Gasteiger partial charge in [0, 0.05) is 6.61 Å². The van der Waals surface area contributed by atoms with Crippen LogP contribution in [0.4, 0.5) is 0 Å². The maximum absolute atomic E-state index is 6.17. The van der Waals surface area contributed by atoms with Crippen LogP contribution in [0.2, 0.25) is 11.6 Å². The first-order valence-electron chi connectivity index (χ1n) is 10.00. The molecule has 2 heteroatoms. The van der Waals surface area contributed by atoms with Crippen molar-refractivity contribution >= 4 is 18.4 Å². The van der Waals surface area contributed by atoms with E-state index in [1.54, 1.807) is 10.4 Å². The van der Waals surface area contributed by atoms with Gasteiger partial charge in [-0.1, -0.05) is 104 Å². The van der Waals surface area contributed by atoms with Gasteiger partial charge in [0.1, 0.15) is 8.07 Å². The molecule has 1 aliphatic heterocycles. The Bertz CT molecular complexity index is 586. The molecule has 2 aromatic rings. The van der Waals surface area contributed by atoms with Crippen LogP contribution >= 0.6 is 0 Å². The van der Waals surface area contributed by atoms with Crippen molar-refractivity contribution < 1.29 is 4.74 Å². The minimum absolute atomic E-state index is 0.350. The second-order valence-corrected chi connectivity index (χ2v) is 11.9. The first-order chi connectivity index (χ1) is 12.3. The summed E-state index contributed by atoms with van der Waals surface area (Å²) in [5.41, 5.74) is 0.772. The summed E-state index contributed by atoms with van der Waals surface area (Å²) in [6.07, 6.45) is 6.91. The van der Waals surface area contributed by atoms with Crippen LogP contribution in [-0.4, -0.2) is 20.8 Å². The highest BCUT2D eigenvalue weighted by Gasteiger charge is 2.46. The van der Waals surface area contributed by atoms with Gasteiger partial charge < -0.3 is 4.74 Å². The van der Waals surface area contributed by atoms with Crippen LogP contribution in [0.25, 0.3) is 0 Å². The lowest BCUT2D eigenvalue weighted by Crippen LogP contribution is -2.62. The van der Waals surface area contributed by atoms with E-state index in [1.807, 2.05) is 0 Å². The lowest BCUT2D eigenvalue weighted by atomic mass is 10.1. The molecule has 2 unspecified atom stereocenters. The first-order valence-corrected chi connectivity index (χ1v) is 12.3. The fraction of sp³-hybridized carbons (Fsp3) is 0.478. The third kappa shape index (κ3) is 4.07. The van der Waals surface area contributed by atoms with Crippen molar-refractivity contribution in [2.24, 2.45) is 0 Å². The van der Waals surface area contributed by atoms with Gasteiger partial charge in [-0.05, 0) is 24.9 Å². The third-order valence-corrected chi connectivity index (χ3v) is 11.8. The summed E-state index contributed by atoms with van der Waals surface area (Å²) in [4.78, 5) is 0. The Hall–Kier alpha value is -1.38. The maximum Gasteiger partial charge on any atom is 0.123 e. The van der Waals surface area contributed by atoms with E-state index in [1.165, 1.54) is 38.1 Å². The minimum atomic E-state index is -1.85. The predicted octanol–water partition coefficient (Wildman–Crippen LogP) is 5.01.